The van der Waals surface area contributed by atoms with Crippen molar-refractivity contribution in [3.63, 3.8) is 0 Å². The third-order valence-electron chi connectivity index (χ3n) is 3.34. The van der Waals surface area contributed by atoms with E-state index in [1.165, 1.54) is 12.1 Å². The highest BCUT2D eigenvalue weighted by Crippen LogP contribution is 2.15. The third kappa shape index (κ3) is 3.53. The van der Waals surface area contributed by atoms with Crippen molar-refractivity contribution in [3.8, 4) is 0 Å². The maximum atomic E-state index is 13.0. The summed E-state index contributed by atoms with van der Waals surface area (Å²) < 4.78 is 13.0. The number of carbonyl (C=O) groups is 1. The fraction of sp³-hybridized carbons (Fsp3) is 0.500. The molecule has 4 heteroatoms. The highest BCUT2D eigenvalue weighted by Gasteiger charge is 2.23. The van der Waals surface area contributed by atoms with E-state index in [-0.39, 0.29) is 17.8 Å². The Kier molecular flexibility index (Phi) is 4.31. The maximum Gasteiger partial charge on any atom is 0.237 e. The van der Waals surface area contributed by atoms with E-state index in [1.54, 1.807) is 12.1 Å². The number of rotatable bonds is 3. The average molecular weight is 250 g/mol. The van der Waals surface area contributed by atoms with Gasteiger partial charge in [-0.1, -0.05) is 19.1 Å². The van der Waals surface area contributed by atoms with E-state index in [0.29, 0.717) is 12.5 Å². The van der Waals surface area contributed by atoms with Gasteiger partial charge in [-0.15, -0.1) is 0 Å². The van der Waals surface area contributed by atoms with Crippen molar-refractivity contribution in [1.29, 1.82) is 0 Å². The molecule has 1 fully saturated rings. The first-order valence-electron chi connectivity index (χ1n) is 6.40. The van der Waals surface area contributed by atoms with Crippen LogP contribution >= 0.6 is 0 Å². The first kappa shape index (κ1) is 13.0. The standard InChI is InChI=1S/C14H19FN2O/c1-10-5-6-16-13(7-10)14(18)17-9-11-3-2-4-12(15)8-11/h2-4,8,10,13,16H,5-7,9H2,1H3,(H,17,18). The Hall–Kier alpha value is -1.42. The minimum Gasteiger partial charge on any atom is -0.351 e. The molecule has 1 amide bonds. The SMILES string of the molecule is CC1CCNC(C(=O)NCc2cccc(F)c2)C1. The summed E-state index contributed by atoms with van der Waals surface area (Å²) in [5.41, 5.74) is 0.784. The van der Waals surface area contributed by atoms with Gasteiger partial charge in [-0.3, -0.25) is 4.79 Å². The molecule has 2 atom stereocenters. The number of hydrogen-bond donors (Lipinski definition) is 2. The molecule has 1 saturated heterocycles. The van der Waals surface area contributed by atoms with Crippen molar-refractivity contribution in [2.75, 3.05) is 6.54 Å². The lowest BCUT2D eigenvalue weighted by Crippen LogP contribution is -2.48. The van der Waals surface area contributed by atoms with Crippen LogP contribution in [-0.2, 0) is 11.3 Å². The van der Waals surface area contributed by atoms with Crippen LogP contribution in [0.5, 0.6) is 0 Å². The van der Waals surface area contributed by atoms with Gasteiger partial charge in [-0.05, 0) is 43.0 Å². The minimum absolute atomic E-state index is 0.00538. The summed E-state index contributed by atoms with van der Waals surface area (Å²) in [5, 5.41) is 6.06. The highest BCUT2D eigenvalue weighted by atomic mass is 19.1. The Morgan fingerprint density at radius 1 is 1.56 bits per heavy atom. The molecule has 1 heterocycles. The lowest BCUT2D eigenvalue weighted by atomic mass is 9.94. The lowest BCUT2D eigenvalue weighted by molar-refractivity contribution is -0.124. The number of piperidine rings is 1. The topological polar surface area (TPSA) is 41.1 Å². The normalized spacial score (nSPS) is 23.7. The van der Waals surface area contributed by atoms with Gasteiger partial charge >= 0.3 is 0 Å². The molecule has 1 aliphatic rings. The first-order valence-corrected chi connectivity index (χ1v) is 6.40. The zero-order valence-corrected chi connectivity index (χ0v) is 10.6. The summed E-state index contributed by atoms with van der Waals surface area (Å²) in [7, 11) is 0. The Balaban J connectivity index is 1.84. The summed E-state index contributed by atoms with van der Waals surface area (Å²) in [6.07, 6.45) is 1.99. The van der Waals surface area contributed by atoms with Crippen molar-refractivity contribution >= 4 is 5.91 Å². The van der Waals surface area contributed by atoms with Crippen LogP contribution in [0.15, 0.2) is 24.3 Å². The van der Waals surface area contributed by atoms with Crippen LogP contribution in [0.1, 0.15) is 25.3 Å². The Morgan fingerprint density at radius 3 is 3.11 bits per heavy atom. The van der Waals surface area contributed by atoms with Gasteiger partial charge in [0.25, 0.3) is 0 Å². The number of halogens is 1. The fourth-order valence-electron chi connectivity index (χ4n) is 2.27. The number of benzene rings is 1. The molecule has 1 aliphatic heterocycles. The summed E-state index contributed by atoms with van der Waals surface area (Å²) >= 11 is 0. The molecule has 0 spiro atoms. The Morgan fingerprint density at radius 2 is 2.39 bits per heavy atom. The quantitative estimate of drug-likeness (QED) is 0.859. The van der Waals surface area contributed by atoms with Gasteiger partial charge in [0, 0.05) is 6.54 Å². The number of nitrogens with one attached hydrogen (secondary N) is 2. The van der Waals surface area contributed by atoms with Crippen molar-refractivity contribution in [1.82, 2.24) is 10.6 Å². The van der Waals surface area contributed by atoms with Crippen LogP contribution in [0, 0.1) is 11.7 Å². The van der Waals surface area contributed by atoms with Crippen molar-refractivity contribution in [3.05, 3.63) is 35.6 Å². The molecule has 1 aromatic carbocycles. The zero-order chi connectivity index (χ0) is 13.0. The predicted molar refractivity (Wildman–Crippen MR) is 68.4 cm³/mol. The van der Waals surface area contributed by atoms with Gasteiger partial charge < -0.3 is 10.6 Å². The summed E-state index contributed by atoms with van der Waals surface area (Å²) in [4.78, 5) is 11.9. The summed E-state index contributed by atoms with van der Waals surface area (Å²) in [6.45, 7) is 3.43. The number of amides is 1. The van der Waals surface area contributed by atoms with Gasteiger partial charge in [0.1, 0.15) is 5.82 Å². The zero-order valence-electron chi connectivity index (χ0n) is 10.6. The van der Waals surface area contributed by atoms with Crippen LogP contribution in [-0.4, -0.2) is 18.5 Å². The average Bonchev–Trinajstić information content (AvgIpc) is 2.36. The van der Waals surface area contributed by atoms with Crippen LogP contribution in [0.2, 0.25) is 0 Å². The second-order valence-electron chi connectivity index (χ2n) is 4.98. The molecule has 0 saturated carbocycles. The molecule has 3 nitrogen and oxygen atoms in total. The van der Waals surface area contributed by atoms with Gasteiger partial charge in [-0.25, -0.2) is 4.39 Å². The number of hydrogen-bond acceptors (Lipinski definition) is 2. The van der Waals surface area contributed by atoms with Crippen LogP contribution in [0.3, 0.4) is 0 Å². The van der Waals surface area contributed by atoms with E-state index in [4.69, 9.17) is 0 Å². The smallest absolute Gasteiger partial charge is 0.237 e. The second kappa shape index (κ2) is 5.96. The predicted octanol–water partition coefficient (Wildman–Crippen LogP) is 1.83. The van der Waals surface area contributed by atoms with Crippen molar-refractivity contribution in [2.45, 2.75) is 32.4 Å². The molecule has 2 unspecified atom stereocenters. The molecule has 0 bridgehead atoms. The highest BCUT2D eigenvalue weighted by molar-refractivity contribution is 5.81. The van der Waals surface area contributed by atoms with E-state index in [1.807, 2.05) is 0 Å². The van der Waals surface area contributed by atoms with Gasteiger partial charge in [0.2, 0.25) is 5.91 Å². The minimum atomic E-state index is -0.272. The van der Waals surface area contributed by atoms with E-state index in [0.717, 1.165) is 24.9 Å². The maximum absolute atomic E-state index is 13.0. The van der Waals surface area contributed by atoms with Gasteiger partial charge in [0.05, 0.1) is 6.04 Å². The summed E-state index contributed by atoms with van der Waals surface area (Å²) in [6, 6.07) is 6.19. The monoisotopic (exact) mass is 250 g/mol. The first-order chi connectivity index (χ1) is 8.65. The molecule has 0 radical (unpaired) electrons. The van der Waals surface area contributed by atoms with Crippen LogP contribution < -0.4 is 10.6 Å². The molecule has 0 aromatic heterocycles. The molecule has 2 N–H and O–H groups in total. The van der Waals surface area contributed by atoms with Crippen LogP contribution in [0.25, 0.3) is 0 Å². The van der Waals surface area contributed by atoms with E-state index in [2.05, 4.69) is 17.6 Å². The van der Waals surface area contributed by atoms with Crippen LogP contribution in [0.4, 0.5) is 4.39 Å². The summed E-state index contributed by atoms with van der Waals surface area (Å²) in [5.74, 6) is 0.313. The fourth-order valence-corrected chi connectivity index (χ4v) is 2.27. The van der Waals surface area contributed by atoms with E-state index >= 15 is 0 Å². The van der Waals surface area contributed by atoms with E-state index < -0.39 is 0 Å². The number of carbonyl (C=O) groups excluding carboxylic acids is 1. The Bertz CT molecular complexity index is 422. The second-order valence-corrected chi connectivity index (χ2v) is 4.98. The van der Waals surface area contributed by atoms with Crippen molar-refractivity contribution in [2.24, 2.45) is 5.92 Å². The van der Waals surface area contributed by atoms with E-state index in [9.17, 15) is 9.18 Å². The molecule has 2 rings (SSSR count). The molecule has 1 aromatic rings. The molecule has 18 heavy (non-hydrogen) atoms. The third-order valence-corrected chi connectivity index (χ3v) is 3.34. The Labute approximate surface area is 107 Å². The molecular weight excluding hydrogens is 231 g/mol. The van der Waals surface area contributed by atoms with Gasteiger partial charge in [0.15, 0.2) is 0 Å². The van der Waals surface area contributed by atoms with Crippen molar-refractivity contribution < 1.29 is 9.18 Å². The molecular formula is C14H19FN2O. The lowest BCUT2D eigenvalue weighted by Gasteiger charge is -2.27. The van der Waals surface area contributed by atoms with Gasteiger partial charge in [-0.2, -0.15) is 0 Å². The largest absolute Gasteiger partial charge is 0.351 e. The molecule has 0 aliphatic carbocycles. The molecule has 98 valence electrons.